The largest absolute Gasteiger partial charge is 0.354 e. The minimum atomic E-state index is -3.85. The van der Waals surface area contributed by atoms with Crippen LogP contribution in [0.3, 0.4) is 0 Å². The maximum atomic E-state index is 12.8. The molecule has 0 atom stereocenters. The van der Waals surface area contributed by atoms with Crippen molar-refractivity contribution < 1.29 is 18.0 Å². The summed E-state index contributed by atoms with van der Waals surface area (Å²) in [5.74, 6) is -0.742. The van der Waals surface area contributed by atoms with Crippen LogP contribution in [0.25, 0.3) is 4.96 Å². The fourth-order valence-electron chi connectivity index (χ4n) is 2.90. The van der Waals surface area contributed by atoms with E-state index < -0.39 is 15.9 Å². The SMILES string of the molecule is O=C1CN(S(=O)(=O)c2cccc(C(=O)NCc3cn4ccsc4n3)c2)CCN1. The van der Waals surface area contributed by atoms with Crippen molar-refractivity contribution in [3.8, 4) is 0 Å². The van der Waals surface area contributed by atoms with Gasteiger partial charge in [-0.2, -0.15) is 4.31 Å². The number of hydrogen-bond acceptors (Lipinski definition) is 6. The summed E-state index contributed by atoms with van der Waals surface area (Å²) >= 11 is 1.50. The van der Waals surface area contributed by atoms with E-state index in [1.807, 2.05) is 22.2 Å². The standard InChI is InChI=1S/C17H17N5O4S2/c23-15-11-22(5-4-18-15)28(25,26)14-3-1-2-12(8-14)16(24)19-9-13-10-21-6-7-27-17(21)20-13/h1-3,6-8,10H,4-5,9,11H2,(H,18,23)(H,19,24). The number of aromatic nitrogens is 2. The van der Waals surface area contributed by atoms with Crippen molar-refractivity contribution in [2.45, 2.75) is 11.4 Å². The Hall–Kier alpha value is -2.76. The number of sulfonamides is 1. The number of imidazole rings is 1. The first-order valence-corrected chi connectivity index (χ1v) is 10.8. The smallest absolute Gasteiger partial charge is 0.251 e. The Morgan fingerprint density at radius 1 is 1.36 bits per heavy atom. The molecule has 2 N–H and O–H groups in total. The van der Waals surface area contributed by atoms with Crippen molar-refractivity contribution in [3.05, 3.63) is 53.3 Å². The third kappa shape index (κ3) is 3.63. The molecule has 4 rings (SSSR count). The number of carbonyl (C=O) groups is 2. The molecule has 0 bridgehead atoms. The predicted molar refractivity (Wildman–Crippen MR) is 102 cm³/mol. The van der Waals surface area contributed by atoms with Gasteiger partial charge in [0.1, 0.15) is 0 Å². The molecule has 0 unspecified atom stereocenters. The van der Waals surface area contributed by atoms with E-state index >= 15 is 0 Å². The fraction of sp³-hybridized carbons (Fsp3) is 0.235. The van der Waals surface area contributed by atoms with Gasteiger partial charge in [0.2, 0.25) is 15.9 Å². The highest BCUT2D eigenvalue weighted by Gasteiger charge is 2.29. The number of nitrogens with zero attached hydrogens (tertiary/aromatic N) is 3. The molecule has 0 spiro atoms. The van der Waals surface area contributed by atoms with E-state index in [0.29, 0.717) is 5.69 Å². The van der Waals surface area contributed by atoms with Gasteiger partial charge in [0.25, 0.3) is 5.91 Å². The van der Waals surface area contributed by atoms with Crippen LogP contribution in [-0.2, 0) is 21.4 Å². The first-order valence-electron chi connectivity index (χ1n) is 8.50. The molecule has 2 amide bonds. The number of fused-ring (bicyclic) bond motifs is 1. The molecule has 11 heteroatoms. The highest BCUT2D eigenvalue weighted by Crippen LogP contribution is 2.18. The summed E-state index contributed by atoms with van der Waals surface area (Å²) in [5.41, 5.74) is 0.937. The van der Waals surface area contributed by atoms with E-state index in [-0.39, 0.29) is 42.5 Å². The van der Waals surface area contributed by atoms with Crippen LogP contribution in [0.2, 0.25) is 0 Å². The van der Waals surface area contributed by atoms with Gasteiger partial charge >= 0.3 is 0 Å². The number of benzene rings is 1. The Bertz CT molecular complexity index is 1120. The van der Waals surface area contributed by atoms with Gasteiger partial charge in [-0.05, 0) is 18.2 Å². The third-order valence-electron chi connectivity index (χ3n) is 4.31. The topological polar surface area (TPSA) is 113 Å². The number of nitrogens with one attached hydrogen (secondary N) is 2. The van der Waals surface area contributed by atoms with E-state index in [0.717, 1.165) is 9.27 Å². The molecule has 1 fully saturated rings. The third-order valence-corrected chi connectivity index (χ3v) is 6.92. The Kier molecular flexibility index (Phi) is 4.87. The zero-order chi connectivity index (χ0) is 19.7. The molecule has 1 aliphatic heterocycles. The zero-order valence-corrected chi connectivity index (χ0v) is 16.3. The Balaban J connectivity index is 1.48. The minimum Gasteiger partial charge on any atom is -0.354 e. The molecular formula is C17H17N5O4S2. The van der Waals surface area contributed by atoms with Crippen molar-refractivity contribution >= 4 is 38.1 Å². The molecular weight excluding hydrogens is 402 g/mol. The average Bonchev–Trinajstić information content (AvgIpc) is 3.28. The minimum absolute atomic E-state index is 0.0163. The van der Waals surface area contributed by atoms with Gasteiger partial charge in [-0.1, -0.05) is 6.07 Å². The maximum absolute atomic E-state index is 12.8. The highest BCUT2D eigenvalue weighted by atomic mass is 32.2. The second-order valence-corrected chi connectivity index (χ2v) is 9.04. The number of piperazine rings is 1. The van der Waals surface area contributed by atoms with Crippen molar-refractivity contribution in [2.75, 3.05) is 19.6 Å². The Morgan fingerprint density at radius 2 is 2.21 bits per heavy atom. The predicted octanol–water partition coefficient (Wildman–Crippen LogP) is 0.446. The lowest BCUT2D eigenvalue weighted by atomic mass is 10.2. The molecule has 28 heavy (non-hydrogen) atoms. The van der Waals surface area contributed by atoms with E-state index in [4.69, 9.17) is 0 Å². The summed E-state index contributed by atoms with van der Waals surface area (Å²) in [7, 11) is -3.85. The van der Waals surface area contributed by atoms with E-state index in [9.17, 15) is 18.0 Å². The highest BCUT2D eigenvalue weighted by molar-refractivity contribution is 7.89. The normalized spacial score (nSPS) is 15.5. The van der Waals surface area contributed by atoms with Gasteiger partial charge in [-0.25, -0.2) is 13.4 Å². The molecule has 2 aromatic heterocycles. The molecule has 3 heterocycles. The molecule has 1 saturated heterocycles. The van der Waals surface area contributed by atoms with Gasteiger partial charge in [-0.15, -0.1) is 11.3 Å². The van der Waals surface area contributed by atoms with Crippen molar-refractivity contribution in [2.24, 2.45) is 0 Å². The van der Waals surface area contributed by atoms with Gasteiger partial charge < -0.3 is 10.6 Å². The maximum Gasteiger partial charge on any atom is 0.251 e. The molecule has 0 aliphatic carbocycles. The monoisotopic (exact) mass is 419 g/mol. The molecule has 1 aliphatic rings. The lowest BCUT2D eigenvalue weighted by Crippen LogP contribution is -2.49. The van der Waals surface area contributed by atoms with Gasteiger partial charge in [0.05, 0.1) is 23.7 Å². The van der Waals surface area contributed by atoms with Gasteiger partial charge in [-0.3, -0.25) is 14.0 Å². The second-order valence-electron chi connectivity index (χ2n) is 6.22. The zero-order valence-electron chi connectivity index (χ0n) is 14.7. The molecule has 146 valence electrons. The first-order chi connectivity index (χ1) is 13.4. The number of hydrogen-bond donors (Lipinski definition) is 2. The van der Waals surface area contributed by atoms with Crippen LogP contribution in [0.1, 0.15) is 16.1 Å². The Labute approximate surface area is 165 Å². The van der Waals surface area contributed by atoms with Crippen LogP contribution in [0.4, 0.5) is 0 Å². The number of amides is 2. The van der Waals surface area contributed by atoms with Crippen molar-refractivity contribution in [3.63, 3.8) is 0 Å². The summed E-state index contributed by atoms with van der Waals surface area (Å²) in [5, 5.41) is 7.26. The van der Waals surface area contributed by atoms with E-state index in [1.54, 1.807) is 6.07 Å². The number of rotatable bonds is 5. The van der Waals surface area contributed by atoms with Crippen LogP contribution >= 0.6 is 11.3 Å². The summed E-state index contributed by atoms with van der Waals surface area (Å²) < 4.78 is 28.5. The summed E-state index contributed by atoms with van der Waals surface area (Å²) in [6.07, 6.45) is 3.71. The van der Waals surface area contributed by atoms with E-state index in [2.05, 4.69) is 15.6 Å². The molecule has 0 saturated carbocycles. The van der Waals surface area contributed by atoms with Crippen LogP contribution in [-0.4, -0.2) is 53.6 Å². The first kappa shape index (κ1) is 18.6. The van der Waals surface area contributed by atoms with Crippen LogP contribution < -0.4 is 10.6 Å². The molecule has 3 aromatic rings. The number of carbonyl (C=O) groups excluding carboxylic acids is 2. The molecule has 1 aromatic carbocycles. The van der Waals surface area contributed by atoms with Gasteiger partial charge in [0, 0.05) is 36.4 Å². The summed E-state index contributed by atoms with van der Waals surface area (Å²) in [6, 6.07) is 5.80. The van der Waals surface area contributed by atoms with Crippen molar-refractivity contribution in [1.29, 1.82) is 0 Å². The van der Waals surface area contributed by atoms with E-state index in [1.165, 1.54) is 29.5 Å². The van der Waals surface area contributed by atoms with Crippen LogP contribution in [0.5, 0.6) is 0 Å². The van der Waals surface area contributed by atoms with Gasteiger partial charge in [0.15, 0.2) is 4.96 Å². The Morgan fingerprint density at radius 3 is 3.00 bits per heavy atom. The average molecular weight is 419 g/mol. The fourth-order valence-corrected chi connectivity index (χ4v) is 5.06. The molecule has 9 nitrogen and oxygen atoms in total. The lowest BCUT2D eigenvalue weighted by molar-refractivity contribution is -0.122. The summed E-state index contributed by atoms with van der Waals surface area (Å²) in [6.45, 7) is 0.467. The quantitative estimate of drug-likeness (QED) is 0.623. The number of thiazole rings is 1. The van der Waals surface area contributed by atoms with Crippen LogP contribution in [0, 0.1) is 0 Å². The van der Waals surface area contributed by atoms with Crippen LogP contribution in [0.15, 0.2) is 46.9 Å². The second kappa shape index (κ2) is 7.34. The summed E-state index contributed by atoms with van der Waals surface area (Å²) in [4.78, 5) is 29.2. The lowest BCUT2D eigenvalue weighted by Gasteiger charge is -2.26. The molecule has 0 radical (unpaired) electrons. The van der Waals surface area contributed by atoms with Crippen molar-refractivity contribution in [1.82, 2.24) is 24.3 Å².